The summed E-state index contributed by atoms with van der Waals surface area (Å²) < 4.78 is 4.46. The van der Waals surface area contributed by atoms with Crippen molar-refractivity contribution in [3.63, 3.8) is 0 Å². The van der Waals surface area contributed by atoms with Crippen molar-refractivity contribution in [3.05, 3.63) is 5.82 Å². The lowest BCUT2D eigenvalue weighted by Gasteiger charge is -2.31. The quantitative estimate of drug-likeness (QED) is 0.884. The molecule has 3 rings (SSSR count). The lowest BCUT2D eigenvalue weighted by Crippen LogP contribution is -2.31. The molecule has 0 radical (unpaired) electrons. The number of nitrogens with zero attached hydrogens (tertiary/aromatic N) is 2. The number of nitrogens with one attached hydrogen (secondary N) is 1. The van der Waals surface area contributed by atoms with Crippen molar-refractivity contribution < 1.29 is 0 Å². The van der Waals surface area contributed by atoms with Crippen LogP contribution in [0.15, 0.2) is 0 Å². The highest BCUT2D eigenvalue weighted by Gasteiger charge is 2.29. The van der Waals surface area contributed by atoms with Gasteiger partial charge in [-0.3, -0.25) is 0 Å². The van der Waals surface area contributed by atoms with E-state index in [0.717, 1.165) is 16.9 Å². The summed E-state index contributed by atoms with van der Waals surface area (Å²) in [5.74, 6) is 2.59. The van der Waals surface area contributed by atoms with E-state index in [2.05, 4.69) is 21.6 Å². The van der Waals surface area contributed by atoms with Crippen LogP contribution in [0, 0.1) is 5.92 Å². The number of rotatable bonds is 4. The highest BCUT2D eigenvalue weighted by Crippen LogP contribution is 2.39. The van der Waals surface area contributed by atoms with Gasteiger partial charge in [-0.25, -0.2) is 4.98 Å². The molecule has 17 heavy (non-hydrogen) atoms. The van der Waals surface area contributed by atoms with Crippen molar-refractivity contribution in [2.45, 2.75) is 63.8 Å². The molecule has 2 aliphatic rings. The molecule has 2 atom stereocenters. The van der Waals surface area contributed by atoms with Gasteiger partial charge in [0.05, 0.1) is 0 Å². The third-order valence-corrected chi connectivity index (χ3v) is 4.79. The van der Waals surface area contributed by atoms with Crippen molar-refractivity contribution in [2.24, 2.45) is 5.92 Å². The molecule has 3 nitrogen and oxygen atoms in total. The van der Waals surface area contributed by atoms with Gasteiger partial charge in [0.15, 0.2) is 0 Å². The van der Waals surface area contributed by atoms with Crippen molar-refractivity contribution in [1.29, 1.82) is 0 Å². The molecule has 4 heteroatoms. The Labute approximate surface area is 107 Å². The molecule has 94 valence electrons. The monoisotopic (exact) mass is 251 g/mol. The van der Waals surface area contributed by atoms with Crippen LogP contribution in [-0.4, -0.2) is 15.4 Å². The molecule has 2 saturated carbocycles. The average molecular weight is 251 g/mol. The number of aromatic nitrogens is 2. The zero-order valence-corrected chi connectivity index (χ0v) is 11.3. The second kappa shape index (κ2) is 4.92. The highest BCUT2D eigenvalue weighted by molar-refractivity contribution is 7.09. The summed E-state index contributed by atoms with van der Waals surface area (Å²) >= 11 is 1.55. The first-order valence-corrected chi connectivity index (χ1v) is 7.74. The molecular weight excluding hydrogens is 230 g/mol. The smallest absolute Gasteiger partial charge is 0.202 e. The third kappa shape index (κ3) is 2.62. The fraction of sp³-hybridized carbons (Fsp3) is 0.846. The van der Waals surface area contributed by atoms with Gasteiger partial charge in [-0.1, -0.05) is 26.2 Å². The number of hydrogen-bond donors (Lipinski definition) is 1. The zero-order chi connectivity index (χ0) is 11.7. The van der Waals surface area contributed by atoms with E-state index < -0.39 is 0 Å². The van der Waals surface area contributed by atoms with Crippen LogP contribution >= 0.6 is 11.5 Å². The molecule has 2 aliphatic carbocycles. The Hall–Kier alpha value is -0.640. The van der Waals surface area contributed by atoms with Gasteiger partial charge in [0.2, 0.25) is 5.13 Å². The van der Waals surface area contributed by atoms with E-state index in [-0.39, 0.29) is 0 Å². The van der Waals surface area contributed by atoms with Gasteiger partial charge in [0.1, 0.15) is 5.82 Å². The van der Waals surface area contributed by atoms with Crippen LogP contribution in [0.2, 0.25) is 0 Å². The van der Waals surface area contributed by atoms with E-state index in [1.54, 1.807) is 11.5 Å². The Morgan fingerprint density at radius 1 is 1.24 bits per heavy atom. The predicted molar refractivity (Wildman–Crippen MR) is 71.5 cm³/mol. The van der Waals surface area contributed by atoms with Crippen LogP contribution in [-0.2, 0) is 0 Å². The summed E-state index contributed by atoms with van der Waals surface area (Å²) in [7, 11) is 0. The standard InChI is InChI=1S/C13H21N3S/c1-2-9-5-3-4-6-11(9)14-13-15-12(16-17-13)10-7-8-10/h9-11H,2-8H2,1H3,(H,14,15,16). The van der Waals surface area contributed by atoms with Crippen LogP contribution in [0.3, 0.4) is 0 Å². The summed E-state index contributed by atoms with van der Waals surface area (Å²) in [5.41, 5.74) is 0. The maximum Gasteiger partial charge on any atom is 0.202 e. The summed E-state index contributed by atoms with van der Waals surface area (Å²) in [4.78, 5) is 4.63. The fourth-order valence-corrected chi connectivity index (χ4v) is 3.55. The highest BCUT2D eigenvalue weighted by atomic mass is 32.1. The van der Waals surface area contributed by atoms with Gasteiger partial charge in [-0.15, -0.1) is 0 Å². The molecular formula is C13H21N3S. The van der Waals surface area contributed by atoms with Crippen molar-refractivity contribution in [3.8, 4) is 0 Å². The van der Waals surface area contributed by atoms with E-state index >= 15 is 0 Å². The first-order valence-electron chi connectivity index (χ1n) is 6.97. The first kappa shape index (κ1) is 11.5. The van der Waals surface area contributed by atoms with Gasteiger partial charge in [-0.2, -0.15) is 4.37 Å². The Morgan fingerprint density at radius 2 is 2.06 bits per heavy atom. The van der Waals surface area contributed by atoms with Crippen LogP contribution < -0.4 is 5.32 Å². The maximum absolute atomic E-state index is 4.63. The molecule has 0 aromatic carbocycles. The molecule has 2 unspecified atom stereocenters. The molecule has 1 aromatic rings. The predicted octanol–water partition coefficient (Wildman–Crippen LogP) is 3.80. The van der Waals surface area contributed by atoms with Crippen LogP contribution in [0.4, 0.5) is 5.13 Å². The Kier molecular flexibility index (Phi) is 3.32. The van der Waals surface area contributed by atoms with E-state index in [1.165, 1.54) is 44.9 Å². The minimum absolute atomic E-state index is 0.633. The molecule has 0 bridgehead atoms. The fourth-order valence-electron chi connectivity index (χ4n) is 2.85. The summed E-state index contributed by atoms with van der Waals surface area (Å²) in [6.45, 7) is 2.31. The topological polar surface area (TPSA) is 37.8 Å². The normalized spacial score (nSPS) is 29.2. The maximum atomic E-state index is 4.63. The SMILES string of the molecule is CCC1CCCCC1Nc1nc(C2CC2)ns1. The second-order valence-corrected chi connectivity index (χ2v) is 6.19. The van der Waals surface area contributed by atoms with Gasteiger partial charge < -0.3 is 5.32 Å². The summed E-state index contributed by atoms with van der Waals surface area (Å²) in [6, 6.07) is 0.633. The van der Waals surface area contributed by atoms with Gasteiger partial charge in [-0.05, 0) is 31.6 Å². The van der Waals surface area contributed by atoms with E-state index in [0.29, 0.717) is 12.0 Å². The minimum Gasteiger partial charge on any atom is -0.357 e. The Bertz CT molecular complexity index is 372. The lowest BCUT2D eigenvalue weighted by atomic mass is 9.83. The van der Waals surface area contributed by atoms with Crippen LogP contribution in [0.1, 0.15) is 63.6 Å². The molecule has 0 spiro atoms. The van der Waals surface area contributed by atoms with Crippen LogP contribution in [0.5, 0.6) is 0 Å². The molecule has 0 amide bonds. The molecule has 2 fully saturated rings. The summed E-state index contributed by atoms with van der Waals surface area (Å²) in [5, 5.41) is 4.68. The first-order chi connectivity index (χ1) is 8.36. The Morgan fingerprint density at radius 3 is 2.82 bits per heavy atom. The largest absolute Gasteiger partial charge is 0.357 e. The molecule has 1 N–H and O–H groups in total. The molecule has 0 aliphatic heterocycles. The van der Waals surface area contributed by atoms with E-state index in [1.807, 2.05) is 0 Å². The van der Waals surface area contributed by atoms with Gasteiger partial charge >= 0.3 is 0 Å². The van der Waals surface area contributed by atoms with Gasteiger partial charge in [0.25, 0.3) is 0 Å². The number of anilines is 1. The molecule has 0 saturated heterocycles. The minimum atomic E-state index is 0.633. The number of hydrogen-bond acceptors (Lipinski definition) is 4. The van der Waals surface area contributed by atoms with Crippen LogP contribution in [0.25, 0.3) is 0 Å². The van der Waals surface area contributed by atoms with Crippen molar-refractivity contribution in [2.75, 3.05) is 5.32 Å². The summed E-state index contributed by atoms with van der Waals surface area (Å²) in [6.07, 6.45) is 9.31. The Balaban J connectivity index is 1.63. The van der Waals surface area contributed by atoms with E-state index in [4.69, 9.17) is 0 Å². The third-order valence-electron chi connectivity index (χ3n) is 4.13. The average Bonchev–Trinajstić information content (AvgIpc) is 3.11. The van der Waals surface area contributed by atoms with Crippen molar-refractivity contribution >= 4 is 16.7 Å². The molecule has 1 heterocycles. The second-order valence-electron chi connectivity index (χ2n) is 5.44. The zero-order valence-electron chi connectivity index (χ0n) is 10.5. The van der Waals surface area contributed by atoms with Gasteiger partial charge in [0, 0.05) is 23.5 Å². The van der Waals surface area contributed by atoms with E-state index in [9.17, 15) is 0 Å². The lowest BCUT2D eigenvalue weighted by molar-refractivity contribution is 0.317. The van der Waals surface area contributed by atoms with Crippen molar-refractivity contribution in [1.82, 2.24) is 9.36 Å². The molecule has 1 aromatic heterocycles.